The average Bonchev–Trinajstić information content (AvgIpc) is 2.87. The number of benzene rings is 1. The predicted molar refractivity (Wildman–Crippen MR) is 76.3 cm³/mol. The molecule has 2 aromatic rings. The first kappa shape index (κ1) is 13.6. The maximum Gasteiger partial charge on any atom is 0.137 e. The first-order chi connectivity index (χ1) is 8.66. The lowest BCUT2D eigenvalue weighted by molar-refractivity contribution is 0.598. The van der Waals surface area contributed by atoms with Gasteiger partial charge in [-0.3, -0.25) is 0 Å². The SMILES string of the molecule is CC(CNCc1ccc(Br)c(F)c1)c1nccs1. The number of rotatable bonds is 5. The van der Waals surface area contributed by atoms with Crippen LogP contribution in [0.4, 0.5) is 4.39 Å². The lowest BCUT2D eigenvalue weighted by atomic mass is 10.2. The molecule has 0 bridgehead atoms. The van der Waals surface area contributed by atoms with E-state index in [4.69, 9.17) is 0 Å². The number of hydrogen-bond acceptors (Lipinski definition) is 3. The van der Waals surface area contributed by atoms with Gasteiger partial charge in [0.05, 0.1) is 9.48 Å². The molecule has 5 heteroatoms. The third-order valence-corrected chi connectivity index (χ3v) is 4.29. The first-order valence-electron chi connectivity index (χ1n) is 5.71. The molecule has 0 amide bonds. The number of nitrogens with zero attached hydrogens (tertiary/aromatic N) is 1. The van der Waals surface area contributed by atoms with Gasteiger partial charge in [0.25, 0.3) is 0 Å². The zero-order valence-electron chi connectivity index (χ0n) is 9.99. The number of halogens is 2. The van der Waals surface area contributed by atoms with Crippen molar-refractivity contribution in [1.29, 1.82) is 0 Å². The van der Waals surface area contributed by atoms with E-state index in [0.717, 1.165) is 17.1 Å². The highest BCUT2D eigenvalue weighted by Gasteiger charge is 2.07. The van der Waals surface area contributed by atoms with E-state index in [9.17, 15) is 4.39 Å². The van der Waals surface area contributed by atoms with Crippen molar-refractivity contribution in [2.24, 2.45) is 0 Å². The second kappa shape index (κ2) is 6.41. The van der Waals surface area contributed by atoms with Crippen molar-refractivity contribution >= 4 is 27.3 Å². The molecule has 0 saturated carbocycles. The molecule has 0 fully saturated rings. The van der Waals surface area contributed by atoms with E-state index in [2.05, 4.69) is 33.2 Å². The van der Waals surface area contributed by atoms with Gasteiger partial charge >= 0.3 is 0 Å². The van der Waals surface area contributed by atoms with Gasteiger partial charge in [-0.25, -0.2) is 9.37 Å². The third kappa shape index (κ3) is 3.60. The summed E-state index contributed by atoms with van der Waals surface area (Å²) in [6, 6.07) is 5.19. The topological polar surface area (TPSA) is 24.9 Å². The normalized spacial score (nSPS) is 12.6. The van der Waals surface area contributed by atoms with Gasteiger partial charge in [0.15, 0.2) is 0 Å². The summed E-state index contributed by atoms with van der Waals surface area (Å²) in [7, 11) is 0. The largest absolute Gasteiger partial charge is 0.312 e. The van der Waals surface area contributed by atoms with Crippen molar-refractivity contribution in [3.05, 3.63) is 50.6 Å². The maximum atomic E-state index is 13.3. The van der Waals surface area contributed by atoms with E-state index in [1.807, 2.05) is 17.6 Å². The molecule has 1 aromatic heterocycles. The van der Waals surface area contributed by atoms with Gasteiger partial charge in [0, 0.05) is 30.6 Å². The van der Waals surface area contributed by atoms with Crippen LogP contribution in [0.1, 0.15) is 23.4 Å². The molecule has 1 heterocycles. The van der Waals surface area contributed by atoms with Crippen LogP contribution in [0.2, 0.25) is 0 Å². The zero-order valence-corrected chi connectivity index (χ0v) is 12.4. The van der Waals surface area contributed by atoms with Gasteiger partial charge in [-0.1, -0.05) is 13.0 Å². The van der Waals surface area contributed by atoms with Crippen molar-refractivity contribution in [3.8, 4) is 0 Å². The Morgan fingerprint density at radius 1 is 1.50 bits per heavy atom. The number of nitrogens with one attached hydrogen (secondary N) is 1. The summed E-state index contributed by atoms with van der Waals surface area (Å²) >= 11 is 4.81. The van der Waals surface area contributed by atoms with Crippen molar-refractivity contribution in [2.45, 2.75) is 19.4 Å². The quantitative estimate of drug-likeness (QED) is 0.899. The van der Waals surface area contributed by atoms with Crippen LogP contribution in [0.25, 0.3) is 0 Å². The Morgan fingerprint density at radius 2 is 2.33 bits per heavy atom. The van der Waals surface area contributed by atoms with Crippen LogP contribution in [0.5, 0.6) is 0 Å². The van der Waals surface area contributed by atoms with Crippen molar-refractivity contribution in [1.82, 2.24) is 10.3 Å². The molecule has 2 nitrogen and oxygen atoms in total. The molecule has 96 valence electrons. The molecular formula is C13H14BrFN2S. The summed E-state index contributed by atoms with van der Waals surface area (Å²) in [5.41, 5.74) is 0.946. The maximum absolute atomic E-state index is 13.3. The van der Waals surface area contributed by atoms with Gasteiger partial charge in [0.1, 0.15) is 5.82 Å². The summed E-state index contributed by atoms with van der Waals surface area (Å²) in [6.07, 6.45) is 1.82. The first-order valence-corrected chi connectivity index (χ1v) is 7.38. The summed E-state index contributed by atoms with van der Waals surface area (Å²) in [5.74, 6) is 0.160. The lowest BCUT2D eigenvalue weighted by Gasteiger charge is -2.10. The molecule has 0 radical (unpaired) electrons. The Kier molecular flexibility index (Phi) is 4.86. The molecule has 1 unspecified atom stereocenters. The zero-order chi connectivity index (χ0) is 13.0. The fourth-order valence-corrected chi connectivity index (χ4v) is 2.59. The third-order valence-electron chi connectivity index (χ3n) is 2.64. The molecule has 0 aliphatic carbocycles. The van der Waals surface area contributed by atoms with E-state index in [1.165, 1.54) is 0 Å². The molecular weight excluding hydrogens is 315 g/mol. The van der Waals surface area contributed by atoms with E-state index in [-0.39, 0.29) is 5.82 Å². The van der Waals surface area contributed by atoms with E-state index >= 15 is 0 Å². The Bertz CT molecular complexity index is 502. The summed E-state index contributed by atoms with van der Waals surface area (Å²) in [4.78, 5) is 4.28. The Labute approximate surface area is 118 Å². The van der Waals surface area contributed by atoms with Crippen molar-refractivity contribution in [2.75, 3.05) is 6.54 Å². The molecule has 1 atom stereocenters. The monoisotopic (exact) mass is 328 g/mol. The smallest absolute Gasteiger partial charge is 0.137 e. The highest BCUT2D eigenvalue weighted by molar-refractivity contribution is 9.10. The Hall–Kier alpha value is -0.780. The van der Waals surface area contributed by atoms with Crippen molar-refractivity contribution in [3.63, 3.8) is 0 Å². The van der Waals surface area contributed by atoms with Crippen LogP contribution < -0.4 is 5.32 Å². The number of thiazole rings is 1. The Balaban J connectivity index is 1.83. The fourth-order valence-electron chi connectivity index (χ4n) is 1.65. The second-order valence-corrected chi connectivity index (χ2v) is 5.93. The number of aromatic nitrogens is 1. The van der Waals surface area contributed by atoms with Crippen LogP contribution >= 0.6 is 27.3 Å². The van der Waals surface area contributed by atoms with Crippen LogP contribution in [0.15, 0.2) is 34.2 Å². The molecule has 1 N–H and O–H groups in total. The molecule has 0 saturated heterocycles. The minimum absolute atomic E-state index is 0.220. The van der Waals surface area contributed by atoms with Gasteiger partial charge in [-0.15, -0.1) is 11.3 Å². The average molecular weight is 329 g/mol. The highest BCUT2D eigenvalue weighted by atomic mass is 79.9. The van der Waals surface area contributed by atoms with Crippen LogP contribution in [-0.4, -0.2) is 11.5 Å². The van der Waals surface area contributed by atoms with Crippen LogP contribution in [-0.2, 0) is 6.54 Å². The minimum atomic E-state index is -0.220. The summed E-state index contributed by atoms with van der Waals surface area (Å²) < 4.78 is 13.8. The van der Waals surface area contributed by atoms with E-state index < -0.39 is 0 Å². The highest BCUT2D eigenvalue weighted by Crippen LogP contribution is 2.18. The fraction of sp³-hybridized carbons (Fsp3) is 0.308. The molecule has 1 aromatic carbocycles. The van der Waals surface area contributed by atoms with Crippen LogP contribution in [0.3, 0.4) is 0 Å². The van der Waals surface area contributed by atoms with E-state index in [1.54, 1.807) is 23.5 Å². The molecule has 0 spiro atoms. The molecule has 18 heavy (non-hydrogen) atoms. The standard InChI is InChI=1S/C13H14BrFN2S/c1-9(13-17-4-5-18-13)7-16-8-10-2-3-11(14)12(15)6-10/h2-6,9,16H,7-8H2,1H3. The number of hydrogen-bond donors (Lipinski definition) is 1. The predicted octanol–water partition coefficient (Wildman–Crippen LogP) is 3.94. The van der Waals surface area contributed by atoms with E-state index in [0.29, 0.717) is 16.9 Å². The van der Waals surface area contributed by atoms with Crippen LogP contribution in [0, 0.1) is 5.82 Å². The molecule has 2 rings (SSSR count). The van der Waals surface area contributed by atoms with Gasteiger partial charge < -0.3 is 5.32 Å². The van der Waals surface area contributed by atoms with Gasteiger partial charge in [-0.2, -0.15) is 0 Å². The Morgan fingerprint density at radius 3 is 3.00 bits per heavy atom. The second-order valence-electron chi connectivity index (χ2n) is 4.15. The minimum Gasteiger partial charge on any atom is -0.312 e. The molecule has 0 aliphatic rings. The lowest BCUT2D eigenvalue weighted by Crippen LogP contribution is -2.19. The van der Waals surface area contributed by atoms with Gasteiger partial charge in [0.2, 0.25) is 0 Å². The molecule has 0 aliphatic heterocycles. The summed E-state index contributed by atoms with van der Waals surface area (Å²) in [6.45, 7) is 3.64. The van der Waals surface area contributed by atoms with Crippen molar-refractivity contribution < 1.29 is 4.39 Å². The summed E-state index contributed by atoms with van der Waals surface area (Å²) in [5, 5.41) is 6.43. The van der Waals surface area contributed by atoms with Gasteiger partial charge in [-0.05, 0) is 33.6 Å².